The summed E-state index contributed by atoms with van der Waals surface area (Å²) < 4.78 is 22.9. The fourth-order valence-electron chi connectivity index (χ4n) is 3.30. The summed E-state index contributed by atoms with van der Waals surface area (Å²) in [5.41, 5.74) is 4.44. The minimum Gasteiger partial charge on any atom is -0.468 e. The van der Waals surface area contributed by atoms with Crippen molar-refractivity contribution < 1.29 is 23.7 Å². The topological polar surface area (TPSA) is 71.8 Å². The number of hydrogen-bond donors (Lipinski definition) is 0. The molecule has 0 amide bonds. The lowest BCUT2D eigenvalue weighted by atomic mass is 9.89. The first-order valence-corrected chi connectivity index (χ1v) is 9.40. The molecule has 0 aliphatic heterocycles. The maximum atomic E-state index is 12.5. The van der Waals surface area contributed by atoms with Gasteiger partial charge in [-0.1, -0.05) is 6.08 Å². The van der Waals surface area contributed by atoms with Gasteiger partial charge < -0.3 is 18.9 Å². The fraction of sp³-hybridized carbons (Fsp3) is 0.429. The van der Waals surface area contributed by atoms with Crippen molar-refractivity contribution in [3.8, 4) is 17.0 Å². The first-order chi connectivity index (χ1) is 13.7. The number of rotatable bonds is 10. The van der Waals surface area contributed by atoms with Crippen molar-refractivity contribution in [1.82, 2.24) is 9.78 Å². The van der Waals surface area contributed by atoms with Crippen molar-refractivity contribution in [3.63, 3.8) is 0 Å². The molecular weight excluding hydrogens is 360 g/mol. The van der Waals surface area contributed by atoms with Gasteiger partial charge in [0, 0.05) is 18.2 Å². The fourth-order valence-corrected chi connectivity index (χ4v) is 3.30. The van der Waals surface area contributed by atoms with Crippen LogP contribution in [0, 0.1) is 0 Å². The SMILES string of the molecule is C=CCn1nc2c(c1C(=O)OCC)CCc1cc(OCOCCOC)ccc1-2. The molecule has 0 saturated carbocycles. The second-order valence-electron chi connectivity index (χ2n) is 6.35. The van der Waals surface area contributed by atoms with Crippen LogP contribution >= 0.6 is 0 Å². The molecule has 1 aromatic carbocycles. The molecule has 0 bridgehead atoms. The van der Waals surface area contributed by atoms with Crippen LogP contribution in [0.25, 0.3) is 11.3 Å². The van der Waals surface area contributed by atoms with Crippen LogP contribution in [0.1, 0.15) is 28.5 Å². The van der Waals surface area contributed by atoms with Crippen LogP contribution in [-0.4, -0.2) is 49.5 Å². The number of benzene rings is 1. The van der Waals surface area contributed by atoms with Gasteiger partial charge in [0.05, 0.1) is 32.1 Å². The standard InChI is InChI=1S/C21H26N2O5/c1-4-10-23-20(21(24)27-5-2)18-8-6-15-13-16(28-14-26-12-11-25-3)7-9-17(15)19(18)22-23/h4,7,9,13H,1,5-6,8,10-12,14H2,2-3H3. The number of ether oxygens (including phenoxy) is 4. The largest absolute Gasteiger partial charge is 0.468 e. The molecule has 0 spiro atoms. The molecule has 0 fully saturated rings. The number of methoxy groups -OCH3 is 1. The average molecular weight is 386 g/mol. The van der Waals surface area contributed by atoms with E-state index in [-0.39, 0.29) is 12.8 Å². The summed E-state index contributed by atoms with van der Waals surface area (Å²) in [6.45, 7) is 7.54. The molecule has 0 saturated heterocycles. The van der Waals surface area contributed by atoms with Gasteiger partial charge in [0.1, 0.15) is 5.75 Å². The van der Waals surface area contributed by atoms with E-state index in [1.54, 1.807) is 24.8 Å². The summed E-state index contributed by atoms with van der Waals surface area (Å²) in [6.07, 6.45) is 3.25. The molecule has 3 rings (SSSR count). The molecule has 7 nitrogen and oxygen atoms in total. The summed E-state index contributed by atoms with van der Waals surface area (Å²) in [5, 5.41) is 4.68. The van der Waals surface area contributed by atoms with Crippen molar-refractivity contribution in [1.29, 1.82) is 0 Å². The van der Waals surface area contributed by atoms with Crippen molar-refractivity contribution in [2.45, 2.75) is 26.3 Å². The molecule has 150 valence electrons. The number of allylic oxidation sites excluding steroid dienone is 1. The highest BCUT2D eigenvalue weighted by atomic mass is 16.7. The summed E-state index contributed by atoms with van der Waals surface area (Å²) in [5.74, 6) is 0.408. The van der Waals surface area contributed by atoms with Crippen LogP contribution in [0.3, 0.4) is 0 Å². The zero-order valence-corrected chi connectivity index (χ0v) is 16.4. The van der Waals surface area contributed by atoms with Gasteiger partial charge in [-0.05, 0) is 43.5 Å². The van der Waals surface area contributed by atoms with E-state index in [1.807, 2.05) is 18.2 Å². The number of fused-ring (bicyclic) bond motifs is 3. The third kappa shape index (κ3) is 4.26. The number of nitrogens with zero attached hydrogens (tertiary/aromatic N) is 2. The zero-order chi connectivity index (χ0) is 19.9. The smallest absolute Gasteiger partial charge is 0.356 e. The van der Waals surface area contributed by atoms with Crippen molar-refractivity contribution in [2.24, 2.45) is 0 Å². The quantitative estimate of drug-likeness (QED) is 0.271. The van der Waals surface area contributed by atoms with Crippen molar-refractivity contribution in [3.05, 3.63) is 47.7 Å². The van der Waals surface area contributed by atoms with Crippen LogP contribution < -0.4 is 4.74 Å². The Morgan fingerprint density at radius 1 is 1.32 bits per heavy atom. The minimum absolute atomic E-state index is 0.175. The first-order valence-electron chi connectivity index (χ1n) is 9.40. The number of esters is 1. The molecule has 1 aliphatic rings. The summed E-state index contributed by atoms with van der Waals surface area (Å²) in [4.78, 5) is 12.5. The van der Waals surface area contributed by atoms with Crippen LogP contribution in [-0.2, 0) is 33.6 Å². The van der Waals surface area contributed by atoms with E-state index < -0.39 is 0 Å². The van der Waals surface area contributed by atoms with Gasteiger partial charge >= 0.3 is 5.97 Å². The van der Waals surface area contributed by atoms with E-state index in [1.165, 1.54) is 0 Å². The van der Waals surface area contributed by atoms with E-state index in [0.717, 1.165) is 41.0 Å². The monoisotopic (exact) mass is 386 g/mol. The van der Waals surface area contributed by atoms with Crippen LogP contribution in [0.4, 0.5) is 0 Å². The van der Waals surface area contributed by atoms with Gasteiger partial charge in [0.2, 0.25) is 0 Å². The van der Waals surface area contributed by atoms with Crippen LogP contribution in [0.15, 0.2) is 30.9 Å². The summed E-state index contributed by atoms with van der Waals surface area (Å²) in [7, 11) is 1.63. The summed E-state index contributed by atoms with van der Waals surface area (Å²) >= 11 is 0. The average Bonchev–Trinajstić information content (AvgIpc) is 3.06. The molecule has 0 atom stereocenters. The number of carbonyl (C=O) groups excluding carboxylic acids is 1. The normalized spacial score (nSPS) is 12.2. The second kappa shape index (κ2) is 9.52. The van der Waals surface area contributed by atoms with E-state index in [4.69, 9.17) is 18.9 Å². The number of hydrogen-bond acceptors (Lipinski definition) is 6. The third-order valence-corrected chi connectivity index (χ3v) is 4.54. The molecule has 1 aliphatic carbocycles. The lowest BCUT2D eigenvalue weighted by molar-refractivity contribution is -0.00849. The van der Waals surface area contributed by atoms with Gasteiger partial charge in [0.15, 0.2) is 12.5 Å². The maximum Gasteiger partial charge on any atom is 0.356 e. The third-order valence-electron chi connectivity index (χ3n) is 4.54. The molecule has 1 heterocycles. The predicted octanol–water partition coefficient (Wildman–Crippen LogP) is 3.01. The zero-order valence-electron chi connectivity index (χ0n) is 16.4. The molecule has 1 aromatic heterocycles. The second-order valence-corrected chi connectivity index (χ2v) is 6.35. The Hall–Kier alpha value is -2.64. The number of aromatic nitrogens is 2. The molecule has 0 unspecified atom stereocenters. The van der Waals surface area contributed by atoms with Crippen molar-refractivity contribution >= 4 is 5.97 Å². The Labute approximate surface area is 164 Å². The summed E-state index contributed by atoms with van der Waals surface area (Å²) in [6, 6.07) is 5.89. The van der Waals surface area contributed by atoms with E-state index >= 15 is 0 Å². The minimum atomic E-state index is -0.338. The molecule has 0 N–H and O–H groups in total. The number of carbonyl (C=O) groups is 1. The Bertz CT molecular complexity index is 844. The number of aryl methyl sites for hydroxylation is 1. The lowest BCUT2D eigenvalue weighted by Crippen LogP contribution is -2.15. The highest BCUT2D eigenvalue weighted by molar-refractivity contribution is 5.92. The van der Waals surface area contributed by atoms with E-state index in [2.05, 4.69) is 11.7 Å². The molecular formula is C21H26N2O5. The molecule has 0 radical (unpaired) electrons. The Morgan fingerprint density at radius 2 is 2.18 bits per heavy atom. The van der Waals surface area contributed by atoms with Gasteiger partial charge in [0.25, 0.3) is 0 Å². The van der Waals surface area contributed by atoms with E-state index in [9.17, 15) is 4.79 Å². The lowest BCUT2D eigenvalue weighted by Gasteiger charge is -2.17. The maximum absolute atomic E-state index is 12.5. The molecule has 7 heteroatoms. The highest BCUT2D eigenvalue weighted by Gasteiger charge is 2.29. The van der Waals surface area contributed by atoms with Crippen LogP contribution in [0.2, 0.25) is 0 Å². The van der Waals surface area contributed by atoms with Gasteiger partial charge in [-0.25, -0.2) is 4.79 Å². The highest BCUT2D eigenvalue weighted by Crippen LogP contribution is 2.36. The predicted molar refractivity (Wildman–Crippen MR) is 105 cm³/mol. The molecule has 2 aromatic rings. The van der Waals surface area contributed by atoms with E-state index in [0.29, 0.717) is 32.1 Å². The first kappa shape index (κ1) is 20.1. The molecule has 28 heavy (non-hydrogen) atoms. The van der Waals surface area contributed by atoms with Gasteiger partial charge in [-0.3, -0.25) is 4.68 Å². The van der Waals surface area contributed by atoms with Gasteiger partial charge in [-0.2, -0.15) is 5.10 Å². The van der Waals surface area contributed by atoms with Crippen LogP contribution in [0.5, 0.6) is 5.75 Å². The Kier molecular flexibility index (Phi) is 6.84. The Balaban J connectivity index is 1.84. The van der Waals surface area contributed by atoms with Gasteiger partial charge in [-0.15, -0.1) is 6.58 Å². The Morgan fingerprint density at radius 3 is 2.93 bits per heavy atom. The van der Waals surface area contributed by atoms with Crippen molar-refractivity contribution in [2.75, 3.05) is 33.7 Å².